The maximum atomic E-state index is 13.3. The minimum Gasteiger partial charge on any atom is -0.378 e. The molecule has 0 radical (unpaired) electrons. The van der Waals surface area contributed by atoms with Crippen LogP contribution in [0.1, 0.15) is 17.4 Å². The Bertz CT molecular complexity index is 775. The zero-order valence-corrected chi connectivity index (χ0v) is 14.5. The predicted molar refractivity (Wildman–Crippen MR) is 90.3 cm³/mol. The van der Waals surface area contributed by atoms with E-state index >= 15 is 0 Å². The van der Waals surface area contributed by atoms with Crippen molar-refractivity contribution in [3.8, 4) is 0 Å². The second-order valence-electron chi connectivity index (χ2n) is 6.00. The third-order valence-electron chi connectivity index (χ3n) is 4.39. The SMILES string of the molecule is Cc1nnc2n1N[C@@H](c1ccc(F)cc1)[C@H](C(=O)N1CCOCC1)S2. The van der Waals surface area contributed by atoms with Gasteiger partial charge in [0, 0.05) is 13.1 Å². The summed E-state index contributed by atoms with van der Waals surface area (Å²) in [7, 11) is 0. The van der Waals surface area contributed by atoms with E-state index in [1.165, 1.54) is 23.9 Å². The van der Waals surface area contributed by atoms with Gasteiger partial charge in [-0.2, -0.15) is 0 Å². The number of ether oxygens (including phenoxy) is 1. The maximum Gasteiger partial charge on any atom is 0.238 e. The van der Waals surface area contributed by atoms with Gasteiger partial charge < -0.3 is 15.1 Å². The van der Waals surface area contributed by atoms with Crippen molar-refractivity contribution < 1.29 is 13.9 Å². The van der Waals surface area contributed by atoms with Gasteiger partial charge in [-0.3, -0.25) is 4.79 Å². The molecule has 0 saturated carbocycles. The van der Waals surface area contributed by atoms with Crippen LogP contribution in [0.25, 0.3) is 0 Å². The Morgan fingerprint density at radius 1 is 1.28 bits per heavy atom. The number of halogens is 1. The van der Waals surface area contributed by atoms with Crippen LogP contribution in [0.15, 0.2) is 29.4 Å². The third-order valence-corrected chi connectivity index (χ3v) is 5.60. The summed E-state index contributed by atoms with van der Waals surface area (Å²) >= 11 is 1.39. The van der Waals surface area contributed by atoms with Crippen LogP contribution in [-0.2, 0) is 9.53 Å². The molecule has 132 valence electrons. The van der Waals surface area contributed by atoms with Gasteiger partial charge in [-0.25, -0.2) is 9.07 Å². The van der Waals surface area contributed by atoms with Crippen LogP contribution >= 0.6 is 11.8 Å². The monoisotopic (exact) mass is 363 g/mol. The van der Waals surface area contributed by atoms with E-state index < -0.39 is 5.25 Å². The van der Waals surface area contributed by atoms with E-state index in [9.17, 15) is 9.18 Å². The molecule has 0 bridgehead atoms. The lowest BCUT2D eigenvalue weighted by Gasteiger charge is -2.36. The highest BCUT2D eigenvalue weighted by atomic mass is 32.2. The van der Waals surface area contributed by atoms with Crippen LogP contribution in [0.3, 0.4) is 0 Å². The minimum absolute atomic E-state index is 0.0297. The summed E-state index contributed by atoms with van der Waals surface area (Å²) < 4.78 is 20.4. The highest BCUT2D eigenvalue weighted by molar-refractivity contribution is 8.00. The molecular formula is C16H18FN5O2S. The lowest BCUT2D eigenvalue weighted by Crippen LogP contribution is -2.49. The molecule has 25 heavy (non-hydrogen) atoms. The maximum absolute atomic E-state index is 13.3. The Labute approximate surface area is 148 Å². The van der Waals surface area contributed by atoms with Crippen LogP contribution < -0.4 is 5.43 Å². The van der Waals surface area contributed by atoms with Crippen LogP contribution in [0, 0.1) is 12.7 Å². The number of hydrogen-bond donors (Lipinski definition) is 1. The van der Waals surface area contributed by atoms with Gasteiger partial charge >= 0.3 is 0 Å². The normalized spacial score (nSPS) is 23.0. The van der Waals surface area contributed by atoms with Crippen molar-refractivity contribution in [2.45, 2.75) is 23.4 Å². The Morgan fingerprint density at radius 3 is 2.72 bits per heavy atom. The van der Waals surface area contributed by atoms with Gasteiger partial charge in [-0.1, -0.05) is 23.9 Å². The lowest BCUT2D eigenvalue weighted by atomic mass is 10.0. The van der Waals surface area contributed by atoms with Crippen molar-refractivity contribution in [3.63, 3.8) is 0 Å². The Morgan fingerprint density at radius 2 is 2.00 bits per heavy atom. The summed E-state index contributed by atoms with van der Waals surface area (Å²) in [6.07, 6.45) is 0. The van der Waals surface area contributed by atoms with Crippen LogP contribution in [0.4, 0.5) is 4.39 Å². The number of nitrogens with zero attached hydrogens (tertiary/aromatic N) is 4. The number of aromatic nitrogens is 3. The summed E-state index contributed by atoms with van der Waals surface area (Å²) in [6.45, 7) is 4.10. The molecule has 1 fully saturated rings. The first-order valence-electron chi connectivity index (χ1n) is 8.11. The van der Waals surface area contributed by atoms with E-state index in [4.69, 9.17) is 4.74 Å². The number of rotatable bonds is 2. The molecule has 2 aromatic rings. The highest BCUT2D eigenvalue weighted by Crippen LogP contribution is 2.37. The molecule has 1 amide bonds. The van der Waals surface area contributed by atoms with Crippen molar-refractivity contribution in [1.82, 2.24) is 19.8 Å². The Hall–Kier alpha value is -2.13. The molecule has 7 nitrogen and oxygen atoms in total. The second kappa shape index (κ2) is 6.64. The number of carbonyl (C=O) groups is 1. The Balaban J connectivity index is 1.68. The fraction of sp³-hybridized carbons (Fsp3) is 0.438. The lowest BCUT2D eigenvalue weighted by molar-refractivity contribution is -0.135. The molecule has 0 aliphatic carbocycles. The van der Waals surface area contributed by atoms with Gasteiger partial charge in [0.05, 0.1) is 19.3 Å². The summed E-state index contributed by atoms with van der Waals surface area (Å²) in [5.41, 5.74) is 4.17. The number of benzene rings is 1. The average Bonchev–Trinajstić information content (AvgIpc) is 3.02. The van der Waals surface area contributed by atoms with Gasteiger partial charge in [0.15, 0.2) is 0 Å². The number of nitrogens with one attached hydrogen (secondary N) is 1. The van der Waals surface area contributed by atoms with Gasteiger partial charge in [-0.05, 0) is 24.6 Å². The molecule has 0 unspecified atom stereocenters. The zero-order chi connectivity index (χ0) is 17.4. The molecule has 2 aliphatic heterocycles. The smallest absolute Gasteiger partial charge is 0.238 e. The Kier molecular flexibility index (Phi) is 4.34. The highest BCUT2D eigenvalue weighted by Gasteiger charge is 2.39. The van der Waals surface area contributed by atoms with E-state index in [0.29, 0.717) is 37.3 Å². The van der Waals surface area contributed by atoms with E-state index in [2.05, 4.69) is 15.6 Å². The molecule has 1 saturated heterocycles. The van der Waals surface area contributed by atoms with Gasteiger partial charge in [-0.15, -0.1) is 10.2 Å². The largest absolute Gasteiger partial charge is 0.378 e. The molecule has 0 spiro atoms. The summed E-state index contributed by atoms with van der Waals surface area (Å²) in [5, 5.41) is 8.46. The molecule has 4 rings (SSSR count). The fourth-order valence-corrected chi connectivity index (χ4v) is 4.24. The van der Waals surface area contributed by atoms with Crippen molar-refractivity contribution in [1.29, 1.82) is 0 Å². The van der Waals surface area contributed by atoms with E-state index in [-0.39, 0.29) is 17.8 Å². The number of fused-ring (bicyclic) bond motifs is 1. The van der Waals surface area contributed by atoms with Gasteiger partial charge in [0.1, 0.15) is 16.9 Å². The molecule has 1 aromatic heterocycles. The number of aryl methyl sites for hydroxylation is 1. The van der Waals surface area contributed by atoms with Crippen molar-refractivity contribution in [3.05, 3.63) is 41.5 Å². The molecule has 9 heteroatoms. The standard InChI is InChI=1S/C16H18FN5O2S/c1-10-18-19-16-22(10)20-13(11-2-4-12(17)5-3-11)14(25-16)15(23)21-6-8-24-9-7-21/h2-5,13-14,20H,6-9H2,1H3/t13-,14+/m0/s1. The molecule has 2 aliphatic rings. The number of amides is 1. The molecule has 3 heterocycles. The summed E-state index contributed by atoms with van der Waals surface area (Å²) in [6, 6.07) is 5.93. The summed E-state index contributed by atoms with van der Waals surface area (Å²) in [5.74, 6) is 0.443. The predicted octanol–water partition coefficient (Wildman–Crippen LogP) is 1.34. The van der Waals surface area contributed by atoms with Crippen molar-refractivity contribution >= 4 is 17.7 Å². The molecular weight excluding hydrogens is 345 g/mol. The van der Waals surface area contributed by atoms with Crippen molar-refractivity contribution in [2.24, 2.45) is 0 Å². The van der Waals surface area contributed by atoms with Crippen molar-refractivity contribution in [2.75, 3.05) is 31.7 Å². The van der Waals surface area contributed by atoms with Crippen LogP contribution in [0.5, 0.6) is 0 Å². The van der Waals surface area contributed by atoms with Gasteiger partial charge in [0.2, 0.25) is 11.1 Å². The first-order valence-corrected chi connectivity index (χ1v) is 8.98. The van der Waals surface area contributed by atoms with E-state index in [0.717, 1.165) is 5.56 Å². The molecule has 2 atom stereocenters. The van der Waals surface area contributed by atoms with Gasteiger partial charge in [0.25, 0.3) is 0 Å². The topological polar surface area (TPSA) is 72.3 Å². The number of hydrogen-bond acceptors (Lipinski definition) is 6. The average molecular weight is 363 g/mol. The fourth-order valence-electron chi connectivity index (χ4n) is 3.03. The number of thioether (sulfide) groups is 1. The third kappa shape index (κ3) is 3.09. The number of morpholine rings is 1. The number of carbonyl (C=O) groups excluding carboxylic acids is 1. The quantitative estimate of drug-likeness (QED) is 0.868. The minimum atomic E-state index is -0.403. The van der Waals surface area contributed by atoms with Crippen LogP contribution in [0.2, 0.25) is 0 Å². The van der Waals surface area contributed by atoms with E-state index in [1.807, 2.05) is 11.8 Å². The first kappa shape index (κ1) is 16.3. The van der Waals surface area contributed by atoms with E-state index in [1.54, 1.807) is 16.8 Å². The molecule has 1 N–H and O–H groups in total. The first-order chi connectivity index (χ1) is 12.1. The zero-order valence-electron chi connectivity index (χ0n) is 13.7. The summed E-state index contributed by atoms with van der Waals surface area (Å²) in [4.78, 5) is 14.9. The molecule has 1 aromatic carbocycles. The van der Waals surface area contributed by atoms with Crippen LogP contribution in [-0.4, -0.2) is 57.2 Å². The second-order valence-corrected chi connectivity index (χ2v) is 7.11.